The largest absolute Gasteiger partial charge is 0.375 e. The highest BCUT2D eigenvalue weighted by Gasteiger charge is 2.19. The quantitative estimate of drug-likeness (QED) is 0.749. The minimum absolute atomic E-state index is 0.00459. The van der Waals surface area contributed by atoms with E-state index >= 15 is 0 Å². The van der Waals surface area contributed by atoms with E-state index in [2.05, 4.69) is 16.8 Å². The monoisotopic (exact) mass is 234 g/mol. The third kappa shape index (κ3) is 2.82. The van der Waals surface area contributed by atoms with Gasteiger partial charge in [-0.05, 0) is 18.6 Å². The molecule has 1 saturated heterocycles. The number of rotatable bonds is 3. The Labute approximate surface area is 102 Å². The van der Waals surface area contributed by atoms with Crippen LogP contribution in [0.25, 0.3) is 0 Å². The van der Waals surface area contributed by atoms with Crippen LogP contribution < -0.4 is 4.90 Å². The van der Waals surface area contributed by atoms with Crippen LogP contribution in [-0.4, -0.2) is 36.6 Å². The number of ether oxygens (including phenoxy) is 1. The number of carbonyl (C=O) groups is 1. The van der Waals surface area contributed by atoms with E-state index < -0.39 is 0 Å². The molecule has 0 radical (unpaired) electrons. The van der Waals surface area contributed by atoms with Gasteiger partial charge < -0.3 is 9.64 Å². The van der Waals surface area contributed by atoms with Gasteiger partial charge in [0, 0.05) is 20.0 Å². The number of nitrogens with zero attached hydrogens (tertiary/aromatic N) is 2. The van der Waals surface area contributed by atoms with Gasteiger partial charge >= 0.3 is 0 Å². The Kier molecular flexibility index (Phi) is 3.74. The number of carbonyl (C=O) groups excluding carboxylic acids is 1. The predicted octanol–water partition coefficient (Wildman–Crippen LogP) is 1.90. The van der Waals surface area contributed by atoms with Crippen LogP contribution in [0.15, 0.2) is 18.3 Å². The molecular formula is C13H18N2O2. The fourth-order valence-electron chi connectivity index (χ4n) is 1.98. The van der Waals surface area contributed by atoms with Crippen molar-refractivity contribution < 1.29 is 9.53 Å². The molecule has 1 aliphatic heterocycles. The number of morpholine rings is 1. The summed E-state index contributed by atoms with van der Waals surface area (Å²) in [5.41, 5.74) is 1.59. The molecule has 4 nitrogen and oxygen atoms in total. The Bertz CT molecular complexity index is 389. The summed E-state index contributed by atoms with van der Waals surface area (Å²) < 4.78 is 5.62. The van der Waals surface area contributed by atoms with Gasteiger partial charge in [0.05, 0.1) is 24.6 Å². The highest BCUT2D eigenvalue weighted by molar-refractivity contribution is 5.92. The molecule has 0 N–H and O–H groups in total. The highest BCUT2D eigenvalue weighted by atomic mass is 16.5. The van der Waals surface area contributed by atoms with Crippen molar-refractivity contribution in [1.82, 2.24) is 4.98 Å². The van der Waals surface area contributed by atoms with Crippen molar-refractivity contribution in [1.29, 1.82) is 0 Å². The van der Waals surface area contributed by atoms with E-state index in [0.29, 0.717) is 11.8 Å². The predicted molar refractivity (Wildman–Crippen MR) is 66.5 cm³/mol. The van der Waals surface area contributed by atoms with Gasteiger partial charge in [-0.1, -0.05) is 6.92 Å². The first-order valence-corrected chi connectivity index (χ1v) is 6.04. The van der Waals surface area contributed by atoms with Crippen LogP contribution in [0.3, 0.4) is 0 Å². The van der Waals surface area contributed by atoms with Crippen molar-refractivity contribution in [3.05, 3.63) is 24.0 Å². The van der Waals surface area contributed by atoms with Crippen molar-refractivity contribution in [3.8, 4) is 0 Å². The summed E-state index contributed by atoms with van der Waals surface area (Å²) in [4.78, 5) is 17.6. The highest BCUT2D eigenvalue weighted by Crippen LogP contribution is 2.18. The lowest BCUT2D eigenvalue weighted by Crippen LogP contribution is -2.42. The molecule has 0 aromatic carbocycles. The van der Waals surface area contributed by atoms with E-state index in [0.717, 1.165) is 31.8 Å². The fourth-order valence-corrected chi connectivity index (χ4v) is 1.98. The zero-order valence-electron chi connectivity index (χ0n) is 10.3. The number of Topliss-reactive ketones (excluding diaryl/α,β-unsaturated/α-hetero) is 1. The molecule has 0 aliphatic carbocycles. The molecule has 1 aromatic rings. The van der Waals surface area contributed by atoms with Crippen LogP contribution in [0.4, 0.5) is 5.69 Å². The Morgan fingerprint density at radius 3 is 3.00 bits per heavy atom. The maximum absolute atomic E-state index is 11.1. The van der Waals surface area contributed by atoms with Crippen LogP contribution in [0.1, 0.15) is 30.8 Å². The van der Waals surface area contributed by atoms with Crippen molar-refractivity contribution in [2.45, 2.75) is 26.4 Å². The van der Waals surface area contributed by atoms with Gasteiger partial charge in [-0.15, -0.1) is 0 Å². The third-order valence-corrected chi connectivity index (χ3v) is 3.07. The number of pyridine rings is 1. The van der Waals surface area contributed by atoms with Gasteiger partial charge in [-0.25, -0.2) is 0 Å². The van der Waals surface area contributed by atoms with Crippen LogP contribution >= 0.6 is 0 Å². The second kappa shape index (κ2) is 5.27. The summed E-state index contributed by atoms with van der Waals surface area (Å²) in [5.74, 6) is 0.00459. The first-order valence-electron chi connectivity index (χ1n) is 6.04. The molecule has 1 unspecified atom stereocenters. The molecule has 4 heteroatoms. The smallest absolute Gasteiger partial charge is 0.178 e. The standard InChI is InChI=1S/C13H18N2O2/c1-3-12-9-15(6-7-17-12)11-4-5-13(10(2)16)14-8-11/h4-5,8,12H,3,6-7,9H2,1-2H3. The summed E-state index contributed by atoms with van der Waals surface area (Å²) in [6, 6.07) is 3.75. The molecule has 2 heterocycles. The van der Waals surface area contributed by atoms with E-state index in [9.17, 15) is 4.79 Å². The van der Waals surface area contributed by atoms with E-state index in [4.69, 9.17) is 4.74 Å². The summed E-state index contributed by atoms with van der Waals surface area (Å²) >= 11 is 0. The Hall–Kier alpha value is -1.42. The van der Waals surface area contributed by atoms with Crippen LogP contribution in [0.5, 0.6) is 0 Å². The molecule has 0 saturated carbocycles. The van der Waals surface area contributed by atoms with Gasteiger partial charge in [0.1, 0.15) is 5.69 Å². The molecular weight excluding hydrogens is 216 g/mol. The third-order valence-electron chi connectivity index (χ3n) is 3.07. The number of ketones is 1. The first-order chi connectivity index (χ1) is 8.20. The normalized spacial score (nSPS) is 20.4. The average molecular weight is 234 g/mol. The SMILES string of the molecule is CCC1CN(c2ccc(C(C)=O)nc2)CCO1. The van der Waals surface area contributed by atoms with Gasteiger partial charge in [0.25, 0.3) is 0 Å². The Balaban J connectivity index is 2.08. The van der Waals surface area contributed by atoms with Gasteiger partial charge in [-0.2, -0.15) is 0 Å². The lowest BCUT2D eigenvalue weighted by atomic mass is 10.2. The molecule has 0 amide bonds. The zero-order chi connectivity index (χ0) is 12.3. The summed E-state index contributed by atoms with van der Waals surface area (Å²) in [6.45, 7) is 6.21. The summed E-state index contributed by atoms with van der Waals surface area (Å²) in [5, 5.41) is 0. The molecule has 1 atom stereocenters. The number of aromatic nitrogens is 1. The number of hydrogen-bond donors (Lipinski definition) is 0. The van der Waals surface area contributed by atoms with Crippen molar-refractivity contribution in [2.75, 3.05) is 24.6 Å². The van der Waals surface area contributed by atoms with E-state index in [1.54, 1.807) is 12.3 Å². The minimum Gasteiger partial charge on any atom is -0.375 e. The van der Waals surface area contributed by atoms with Gasteiger partial charge in [0.2, 0.25) is 0 Å². The van der Waals surface area contributed by atoms with Gasteiger partial charge in [0.15, 0.2) is 5.78 Å². The van der Waals surface area contributed by atoms with E-state index in [-0.39, 0.29) is 5.78 Å². The Morgan fingerprint density at radius 2 is 2.41 bits per heavy atom. The first kappa shape index (κ1) is 12.0. The van der Waals surface area contributed by atoms with E-state index in [1.807, 2.05) is 6.07 Å². The topological polar surface area (TPSA) is 42.4 Å². The maximum atomic E-state index is 11.1. The van der Waals surface area contributed by atoms with E-state index in [1.165, 1.54) is 6.92 Å². The molecule has 1 aromatic heterocycles. The van der Waals surface area contributed by atoms with Crippen molar-refractivity contribution in [3.63, 3.8) is 0 Å². The summed E-state index contributed by atoms with van der Waals surface area (Å²) in [7, 11) is 0. The zero-order valence-corrected chi connectivity index (χ0v) is 10.3. The van der Waals surface area contributed by atoms with Crippen molar-refractivity contribution >= 4 is 11.5 Å². The van der Waals surface area contributed by atoms with Crippen LogP contribution in [-0.2, 0) is 4.74 Å². The molecule has 92 valence electrons. The molecule has 1 aliphatic rings. The van der Waals surface area contributed by atoms with Crippen LogP contribution in [0.2, 0.25) is 0 Å². The minimum atomic E-state index is 0.00459. The van der Waals surface area contributed by atoms with Gasteiger partial charge in [-0.3, -0.25) is 9.78 Å². The van der Waals surface area contributed by atoms with Crippen LogP contribution in [0, 0.1) is 0 Å². The summed E-state index contributed by atoms with van der Waals surface area (Å²) in [6.07, 6.45) is 3.10. The fraction of sp³-hybridized carbons (Fsp3) is 0.538. The second-order valence-electron chi connectivity index (χ2n) is 4.30. The molecule has 1 fully saturated rings. The molecule has 0 spiro atoms. The molecule has 2 rings (SSSR count). The van der Waals surface area contributed by atoms with Crippen molar-refractivity contribution in [2.24, 2.45) is 0 Å². The second-order valence-corrected chi connectivity index (χ2v) is 4.30. The number of anilines is 1. The maximum Gasteiger partial charge on any atom is 0.178 e. The lowest BCUT2D eigenvalue weighted by molar-refractivity contribution is 0.0384. The molecule has 0 bridgehead atoms. The average Bonchev–Trinajstić information content (AvgIpc) is 2.39. The lowest BCUT2D eigenvalue weighted by Gasteiger charge is -2.33. The molecule has 17 heavy (non-hydrogen) atoms. The Morgan fingerprint density at radius 1 is 1.59 bits per heavy atom. The number of hydrogen-bond acceptors (Lipinski definition) is 4.